The van der Waals surface area contributed by atoms with E-state index in [4.69, 9.17) is 0 Å². The normalized spacial score (nSPS) is 19.9. The molecular formula is C14H15NO3S3. The first-order valence-electron chi connectivity index (χ1n) is 6.53. The van der Waals surface area contributed by atoms with E-state index < -0.39 is 15.2 Å². The highest BCUT2D eigenvalue weighted by Gasteiger charge is 2.35. The largest absolute Gasteiger partial charge is 0.319 e. The van der Waals surface area contributed by atoms with Gasteiger partial charge in [0, 0.05) is 29.0 Å². The van der Waals surface area contributed by atoms with Crippen molar-refractivity contribution in [2.24, 2.45) is 0 Å². The maximum atomic E-state index is 12.7. The molecule has 3 rings (SSSR count). The number of thiophene rings is 1. The molecule has 2 aromatic rings. The number of nitrogens with zero attached hydrogens (tertiary/aromatic N) is 1. The summed E-state index contributed by atoms with van der Waals surface area (Å²) in [6.07, 6.45) is 1.20. The fourth-order valence-corrected chi connectivity index (χ4v) is 6.23. The summed E-state index contributed by atoms with van der Waals surface area (Å²) in [4.78, 5) is 14.8. The first-order valence-corrected chi connectivity index (χ1v) is 10.5. The number of fused-ring (bicyclic) bond motifs is 1. The minimum absolute atomic E-state index is 0.174. The molecule has 1 saturated heterocycles. The van der Waals surface area contributed by atoms with Crippen molar-refractivity contribution in [2.75, 3.05) is 24.3 Å². The smallest absolute Gasteiger partial charge is 0.265 e. The second-order valence-corrected chi connectivity index (χ2v) is 9.44. The molecule has 1 aliphatic rings. The van der Waals surface area contributed by atoms with E-state index in [1.807, 2.05) is 30.3 Å². The monoisotopic (exact) mass is 341 g/mol. The van der Waals surface area contributed by atoms with Crippen LogP contribution in [0.3, 0.4) is 0 Å². The van der Waals surface area contributed by atoms with Gasteiger partial charge in [0.2, 0.25) is 0 Å². The first kappa shape index (κ1) is 14.9. The number of carbonyl (C=O) groups is 1. The van der Waals surface area contributed by atoms with E-state index >= 15 is 0 Å². The molecule has 1 aliphatic heterocycles. The minimum atomic E-state index is -3.27. The predicted molar refractivity (Wildman–Crippen MR) is 88.8 cm³/mol. The van der Waals surface area contributed by atoms with E-state index in [-0.39, 0.29) is 5.91 Å². The van der Waals surface area contributed by atoms with Gasteiger partial charge in [-0.1, -0.05) is 18.2 Å². The van der Waals surface area contributed by atoms with Gasteiger partial charge in [0.05, 0.1) is 4.88 Å². The van der Waals surface area contributed by atoms with Crippen LogP contribution in [0, 0.1) is 0 Å². The second kappa shape index (κ2) is 5.62. The Balaban J connectivity index is 1.95. The Morgan fingerprint density at radius 3 is 2.81 bits per heavy atom. The van der Waals surface area contributed by atoms with Crippen molar-refractivity contribution in [3.63, 3.8) is 0 Å². The van der Waals surface area contributed by atoms with Crippen LogP contribution in [0.25, 0.3) is 10.1 Å². The van der Waals surface area contributed by atoms with Crippen LogP contribution >= 0.6 is 23.1 Å². The van der Waals surface area contributed by atoms with Gasteiger partial charge in [0.1, 0.15) is 5.37 Å². The second-order valence-electron chi connectivity index (χ2n) is 5.01. The molecule has 0 N–H and O–H groups in total. The summed E-state index contributed by atoms with van der Waals surface area (Å²) < 4.78 is 24.8. The van der Waals surface area contributed by atoms with Gasteiger partial charge in [-0.3, -0.25) is 4.79 Å². The molecule has 0 bridgehead atoms. The maximum absolute atomic E-state index is 12.7. The molecule has 4 nitrogen and oxygen atoms in total. The van der Waals surface area contributed by atoms with Crippen molar-refractivity contribution in [3.05, 3.63) is 35.2 Å². The number of amides is 1. The number of benzene rings is 1. The summed E-state index contributed by atoms with van der Waals surface area (Å²) in [7, 11) is -3.27. The number of thioether (sulfide) groups is 1. The van der Waals surface area contributed by atoms with Crippen molar-refractivity contribution in [2.45, 2.75) is 5.37 Å². The average molecular weight is 341 g/mol. The van der Waals surface area contributed by atoms with Gasteiger partial charge >= 0.3 is 0 Å². The topological polar surface area (TPSA) is 54.5 Å². The average Bonchev–Trinajstić information content (AvgIpc) is 2.89. The van der Waals surface area contributed by atoms with Crippen molar-refractivity contribution in [3.8, 4) is 0 Å². The van der Waals surface area contributed by atoms with Gasteiger partial charge in [0.15, 0.2) is 9.84 Å². The minimum Gasteiger partial charge on any atom is -0.319 e. The lowest BCUT2D eigenvalue weighted by atomic mass is 10.2. The SMILES string of the molecule is CS(=O)(=O)[C@@H]1CSCCN1C(=O)c1cc2ccccc2s1. The number of sulfone groups is 1. The molecule has 1 amide bonds. The molecule has 21 heavy (non-hydrogen) atoms. The van der Waals surface area contributed by atoms with Crippen LogP contribution in [0.15, 0.2) is 30.3 Å². The third-order valence-electron chi connectivity index (χ3n) is 3.48. The lowest BCUT2D eigenvalue weighted by Gasteiger charge is -2.33. The molecule has 1 atom stereocenters. The molecule has 112 valence electrons. The molecule has 0 aliphatic carbocycles. The van der Waals surface area contributed by atoms with Crippen molar-refractivity contribution in [1.29, 1.82) is 0 Å². The fraction of sp³-hybridized carbons (Fsp3) is 0.357. The molecule has 1 fully saturated rings. The van der Waals surface area contributed by atoms with E-state index in [0.29, 0.717) is 17.2 Å². The molecular weight excluding hydrogens is 326 g/mol. The van der Waals surface area contributed by atoms with Gasteiger partial charge in [-0.15, -0.1) is 11.3 Å². The van der Waals surface area contributed by atoms with Crippen molar-refractivity contribution < 1.29 is 13.2 Å². The van der Waals surface area contributed by atoms with Crippen molar-refractivity contribution >= 4 is 48.9 Å². The van der Waals surface area contributed by atoms with Crippen LogP contribution in [-0.4, -0.2) is 48.9 Å². The van der Waals surface area contributed by atoms with Crippen LogP contribution in [0.1, 0.15) is 9.67 Å². The summed E-state index contributed by atoms with van der Waals surface area (Å²) >= 11 is 3.00. The Bertz CT molecular complexity index is 749. The highest BCUT2D eigenvalue weighted by atomic mass is 32.2. The molecule has 7 heteroatoms. The zero-order valence-electron chi connectivity index (χ0n) is 11.5. The van der Waals surface area contributed by atoms with Gasteiger partial charge in [-0.05, 0) is 17.5 Å². The molecule has 0 unspecified atom stereocenters. The van der Waals surface area contributed by atoms with E-state index in [1.165, 1.54) is 22.5 Å². The molecule has 1 aromatic heterocycles. The maximum Gasteiger partial charge on any atom is 0.265 e. The Hall–Kier alpha value is -1.05. The van der Waals surface area contributed by atoms with Crippen molar-refractivity contribution in [1.82, 2.24) is 4.90 Å². The summed E-state index contributed by atoms with van der Waals surface area (Å²) in [6.45, 7) is 0.482. The van der Waals surface area contributed by atoms with Gasteiger partial charge in [-0.25, -0.2) is 8.42 Å². The van der Waals surface area contributed by atoms with Crippen LogP contribution < -0.4 is 0 Å². The Kier molecular flexibility index (Phi) is 3.98. The molecule has 1 aromatic carbocycles. The van der Waals surface area contributed by atoms with Crippen LogP contribution in [-0.2, 0) is 9.84 Å². The van der Waals surface area contributed by atoms with E-state index in [0.717, 1.165) is 15.8 Å². The summed E-state index contributed by atoms with van der Waals surface area (Å²) in [6, 6.07) is 9.65. The quantitative estimate of drug-likeness (QED) is 0.842. The fourth-order valence-electron chi connectivity index (χ4n) is 2.40. The number of carbonyl (C=O) groups excluding carboxylic acids is 1. The van der Waals surface area contributed by atoms with Gasteiger partial charge in [-0.2, -0.15) is 11.8 Å². The Labute approximate surface area is 132 Å². The zero-order chi connectivity index (χ0) is 15.0. The highest BCUT2D eigenvalue weighted by Crippen LogP contribution is 2.29. The van der Waals surface area contributed by atoms with E-state index in [9.17, 15) is 13.2 Å². The Morgan fingerprint density at radius 2 is 2.10 bits per heavy atom. The van der Waals surface area contributed by atoms with E-state index in [1.54, 1.807) is 11.8 Å². The van der Waals surface area contributed by atoms with Gasteiger partial charge < -0.3 is 4.90 Å². The van der Waals surface area contributed by atoms with Crippen LogP contribution in [0.4, 0.5) is 0 Å². The number of rotatable bonds is 2. The zero-order valence-corrected chi connectivity index (χ0v) is 13.9. The number of hydrogen-bond donors (Lipinski definition) is 0. The summed E-state index contributed by atoms with van der Waals surface area (Å²) in [5, 5.41) is 0.308. The van der Waals surface area contributed by atoms with E-state index in [2.05, 4.69) is 0 Å². The standard InChI is InChI=1S/C14H15NO3S3/c1-21(17,18)13-9-19-7-6-15(13)14(16)12-8-10-4-2-3-5-11(10)20-12/h2-5,8,13H,6-7,9H2,1H3/t13-/m1/s1. The highest BCUT2D eigenvalue weighted by molar-refractivity contribution is 8.00. The molecule has 2 heterocycles. The number of hydrogen-bond acceptors (Lipinski definition) is 5. The lowest BCUT2D eigenvalue weighted by Crippen LogP contribution is -2.49. The summed E-state index contributed by atoms with van der Waals surface area (Å²) in [5.41, 5.74) is 0. The molecule has 0 saturated carbocycles. The third-order valence-corrected chi connectivity index (χ3v) is 7.22. The van der Waals surface area contributed by atoms with Crippen LogP contribution in [0.2, 0.25) is 0 Å². The van der Waals surface area contributed by atoms with Crippen LogP contribution in [0.5, 0.6) is 0 Å². The first-order chi connectivity index (χ1) is 9.97. The molecule has 0 spiro atoms. The Morgan fingerprint density at radius 1 is 1.33 bits per heavy atom. The predicted octanol–water partition coefficient (Wildman–Crippen LogP) is 2.46. The molecule has 0 radical (unpaired) electrons. The lowest BCUT2D eigenvalue weighted by molar-refractivity contribution is 0.0754. The third kappa shape index (κ3) is 2.95. The summed E-state index contributed by atoms with van der Waals surface area (Å²) in [5.74, 6) is 1.06. The van der Waals surface area contributed by atoms with Gasteiger partial charge in [0.25, 0.3) is 5.91 Å².